The zero-order valence-corrected chi connectivity index (χ0v) is 12.1. The third-order valence-electron chi connectivity index (χ3n) is 3.23. The molecule has 0 fully saturated rings. The van der Waals surface area contributed by atoms with Crippen LogP contribution in [0.25, 0.3) is 10.9 Å². The minimum absolute atomic E-state index is 0.0629. The van der Waals surface area contributed by atoms with Crippen molar-refractivity contribution in [2.24, 2.45) is 0 Å². The topological polar surface area (TPSA) is 78.0 Å². The minimum Gasteiger partial charge on any atom is -0.396 e. The molecule has 5 nitrogen and oxygen atoms in total. The van der Waals surface area contributed by atoms with Gasteiger partial charge in [-0.1, -0.05) is 18.2 Å². The fourth-order valence-electron chi connectivity index (χ4n) is 2.22. The zero-order valence-electron chi connectivity index (χ0n) is 11.2. The number of para-hydroxylation sites is 1. The van der Waals surface area contributed by atoms with E-state index in [9.17, 15) is 9.90 Å². The molecule has 2 heterocycles. The molecule has 1 aromatic carbocycles. The van der Waals surface area contributed by atoms with E-state index in [1.807, 2.05) is 35.7 Å². The number of nitrogens with one attached hydrogen (secondary N) is 2. The lowest BCUT2D eigenvalue weighted by atomic mass is 10.2. The molecule has 2 aromatic heterocycles. The van der Waals surface area contributed by atoms with Gasteiger partial charge in [-0.05, 0) is 30.0 Å². The summed E-state index contributed by atoms with van der Waals surface area (Å²) in [4.78, 5) is 20.3. The van der Waals surface area contributed by atoms with Crippen molar-refractivity contribution in [1.29, 1.82) is 0 Å². The summed E-state index contributed by atoms with van der Waals surface area (Å²) in [7, 11) is 0. The number of hydrogen-bond donors (Lipinski definition) is 3. The van der Waals surface area contributed by atoms with Crippen LogP contribution in [-0.2, 0) is 0 Å². The third kappa shape index (κ3) is 2.96. The van der Waals surface area contributed by atoms with E-state index in [0.717, 1.165) is 4.88 Å². The number of nitrogens with zero attached hydrogens (tertiary/aromatic N) is 1. The predicted molar refractivity (Wildman–Crippen MR) is 84.7 cm³/mol. The Labute approximate surface area is 125 Å². The maximum atomic E-state index is 12.0. The van der Waals surface area contributed by atoms with Crippen LogP contribution in [0.1, 0.15) is 17.3 Å². The Morgan fingerprint density at radius 2 is 2.14 bits per heavy atom. The summed E-state index contributed by atoms with van der Waals surface area (Å²) in [5.41, 5.74) is 0.481. The highest BCUT2D eigenvalue weighted by Gasteiger charge is 2.13. The number of H-pyrrole nitrogens is 1. The van der Waals surface area contributed by atoms with Gasteiger partial charge >= 0.3 is 0 Å². The molecule has 1 atom stereocenters. The van der Waals surface area contributed by atoms with Crippen molar-refractivity contribution in [3.8, 4) is 0 Å². The summed E-state index contributed by atoms with van der Waals surface area (Å²) in [6, 6.07) is 11.1. The number of aliphatic hydroxyl groups is 1. The van der Waals surface area contributed by atoms with Crippen LogP contribution in [0.4, 0.5) is 5.95 Å². The summed E-state index contributed by atoms with van der Waals surface area (Å²) in [6.45, 7) is 0.0629. The van der Waals surface area contributed by atoms with Crippen LogP contribution >= 0.6 is 11.3 Å². The van der Waals surface area contributed by atoms with Crippen LogP contribution in [0.3, 0.4) is 0 Å². The number of aliphatic hydroxyl groups excluding tert-OH is 1. The Hall–Kier alpha value is -2.18. The molecular weight excluding hydrogens is 286 g/mol. The van der Waals surface area contributed by atoms with Crippen LogP contribution in [0.2, 0.25) is 0 Å². The highest BCUT2D eigenvalue weighted by atomic mass is 32.1. The Morgan fingerprint density at radius 3 is 2.90 bits per heavy atom. The molecule has 0 aliphatic heterocycles. The lowest BCUT2D eigenvalue weighted by molar-refractivity contribution is 0.280. The van der Waals surface area contributed by atoms with Gasteiger partial charge in [0.15, 0.2) is 0 Å². The fraction of sp³-hybridized carbons (Fsp3) is 0.200. The number of aromatic amines is 1. The van der Waals surface area contributed by atoms with E-state index in [1.54, 1.807) is 17.4 Å². The van der Waals surface area contributed by atoms with E-state index < -0.39 is 0 Å². The quantitative estimate of drug-likeness (QED) is 0.676. The molecule has 0 bridgehead atoms. The first-order chi connectivity index (χ1) is 10.3. The van der Waals surface area contributed by atoms with E-state index in [2.05, 4.69) is 15.3 Å². The molecule has 108 valence electrons. The fourth-order valence-corrected chi connectivity index (χ4v) is 3.04. The minimum atomic E-state index is -0.169. The van der Waals surface area contributed by atoms with E-state index in [1.165, 1.54) is 0 Å². The average Bonchev–Trinajstić information content (AvgIpc) is 3.01. The number of hydrogen-bond acceptors (Lipinski definition) is 5. The molecule has 0 saturated heterocycles. The van der Waals surface area contributed by atoms with Gasteiger partial charge in [0.25, 0.3) is 5.56 Å². The average molecular weight is 301 g/mol. The highest BCUT2D eigenvalue weighted by molar-refractivity contribution is 7.10. The zero-order chi connectivity index (χ0) is 14.7. The third-order valence-corrected chi connectivity index (χ3v) is 4.21. The Morgan fingerprint density at radius 1 is 1.29 bits per heavy atom. The highest BCUT2D eigenvalue weighted by Crippen LogP contribution is 2.24. The van der Waals surface area contributed by atoms with Gasteiger partial charge in [0, 0.05) is 11.5 Å². The van der Waals surface area contributed by atoms with Crippen LogP contribution in [0.5, 0.6) is 0 Å². The van der Waals surface area contributed by atoms with E-state index in [4.69, 9.17) is 0 Å². The number of rotatable bonds is 5. The second-order valence-electron chi connectivity index (χ2n) is 4.66. The molecular formula is C15H15N3O2S. The number of anilines is 1. The Balaban J connectivity index is 1.94. The predicted octanol–water partition coefficient (Wildman–Crippen LogP) is 2.52. The van der Waals surface area contributed by atoms with Gasteiger partial charge in [0.2, 0.25) is 5.95 Å². The first-order valence-electron chi connectivity index (χ1n) is 6.68. The van der Waals surface area contributed by atoms with Gasteiger partial charge in [-0.25, -0.2) is 4.98 Å². The van der Waals surface area contributed by atoms with Gasteiger partial charge < -0.3 is 10.4 Å². The molecule has 3 rings (SSSR count). The first-order valence-corrected chi connectivity index (χ1v) is 7.56. The molecule has 0 aliphatic carbocycles. The van der Waals surface area contributed by atoms with Crippen molar-refractivity contribution in [2.45, 2.75) is 12.5 Å². The maximum Gasteiger partial charge on any atom is 0.260 e. The normalized spacial score (nSPS) is 12.4. The monoisotopic (exact) mass is 301 g/mol. The summed E-state index contributed by atoms with van der Waals surface area (Å²) < 4.78 is 0. The van der Waals surface area contributed by atoms with Crippen molar-refractivity contribution in [3.05, 3.63) is 57.0 Å². The number of benzene rings is 1. The van der Waals surface area contributed by atoms with Crippen LogP contribution < -0.4 is 10.9 Å². The molecule has 0 aliphatic rings. The molecule has 3 aromatic rings. The van der Waals surface area contributed by atoms with Crippen LogP contribution in [0, 0.1) is 0 Å². The molecule has 0 radical (unpaired) electrons. The molecule has 6 heteroatoms. The standard InChI is InChI=1S/C15H15N3O2S/c19-8-7-12(13-6-3-9-21-13)17-15-16-11-5-2-1-4-10(11)14(20)18-15/h1-6,9,12,19H,7-8H2,(H2,16,17,18,20). The molecule has 1 unspecified atom stereocenters. The van der Waals surface area contributed by atoms with E-state index >= 15 is 0 Å². The van der Waals surface area contributed by atoms with Crippen LogP contribution in [0.15, 0.2) is 46.6 Å². The Kier molecular flexibility index (Phi) is 3.98. The molecule has 0 amide bonds. The maximum absolute atomic E-state index is 12.0. The molecule has 0 spiro atoms. The van der Waals surface area contributed by atoms with Crippen molar-refractivity contribution < 1.29 is 5.11 Å². The lowest BCUT2D eigenvalue weighted by Crippen LogP contribution is -2.17. The second-order valence-corrected chi connectivity index (χ2v) is 5.64. The number of fused-ring (bicyclic) bond motifs is 1. The lowest BCUT2D eigenvalue weighted by Gasteiger charge is -2.16. The summed E-state index contributed by atoms with van der Waals surface area (Å²) >= 11 is 1.60. The van der Waals surface area contributed by atoms with Gasteiger partial charge in [0.05, 0.1) is 16.9 Å². The van der Waals surface area contributed by atoms with Crippen molar-refractivity contribution in [2.75, 3.05) is 11.9 Å². The summed E-state index contributed by atoms with van der Waals surface area (Å²) in [5, 5.41) is 15.0. The number of aromatic nitrogens is 2. The van der Waals surface area contributed by atoms with Crippen molar-refractivity contribution in [1.82, 2.24) is 9.97 Å². The molecule has 3 N–H and O–H groups in total. The smallest absolute Gasteiger partial charge is 0.260 e. The second kappa shape index (κ2) is 6.07. The van der Waals surface area contributed by atoms with Crippen molar-refractivity contribution >= 4 is 28.2 Å². The molecule has 0 saturated carbocycles. The first kappa shape index (κ1) is 13.8. The van der Waals surface area contributed by atoms with Gasteiger partial charge in [-0.3, -0.25) is 9.78 Å². The van der Waals surface area contributed by atoms with E-state index in [-0.39, 0.29) is 18.2 Å². The largest absolute Gasteiger partial charge is 0.396 e. The van der Waals surface area contributed by atoms with Crippen LogP contribution in [-0.4, -0.2) is 21.7 Å². The number of thiophene rings is 1. The SMILES string of the molecule is O=c1[nH]c(NC(CCO)c2cccs2)nc2ccccc12. The van der Waals surface area contributed by atoms with Gasteiger partial charge in [-0.2, -0.15) is 0 Å². The Bertz CT molecular complexity index is 783. The van der Waals surface area contributed by atoms with Gasteiger partial charge in [-0.15, -0.1) is 11.3 Å². The van der Waals surface area contributed by atoms with E-state index in [0.29, 0.717) is 23.3 Å². The molecule has 21 heavy (non-hydrogen) atoms. The van der Waals surface area contributed by atoms with Gasteiger partial charge in [0.1, 0.15) is 0 Å². The summed E-state index contributed by atoms with van der Waals surface area (Å²) in [5.74, 6) is 0.422. The summed E-state index contributed by atoms with van der Waals surface area (Å²) in [6.07, 6.45) is 0.553. The van der Waals surface area contributed by atoms with Crippen molar-refractivity contribution in [3.63, 3.8) is 0 Å².